The van der Waals surface area contributed by atoms with Crippen LogP contribution in [0.4, 0.5) is 13.2 Å². The number of carboxylic acid groups (broad SMARTS) is 1. The largest absolute Gasteiger partial charge is 0.480 e. The summed E-state index contributed by atoms with van der Waals surface area (Å²) in [5.74, 6) is -3.32. The molecule has 0 spiro atoms. The van der Waals surface area contributed by atoms with Gasteiger partial charge in [0.2, 0.25) is 11.8 Å². The van der Waals surface area contributed by atoms with Gasteiger partial charge in [0, 0.05) is 0 Å². The molecule has 0 heterocycles. The monoisotopic (exact) mass is 298 g/mol. The van der Waals surface area contributed by atoms with E-state index in [1.165, 1.54) is 5.32 Å². The second kappa shape index (κ2) is 7.71. The molecule has 0 saturated carbocycles. The fraction of sp³-hybridized carbons (Fsp3) is 0.727. The van der Waals surface area contributed by atoms with Crippen LogP contribution >= 0.6 is 0 Å². The molecule has 6 nitrogen and oxygen atoms in total. The zero-order chi connectivity index (χ0) is 15.9. The third kappa shape index (κ3) is 9.17. The number of carboxylic acids is 1. The summed E-state index contributed by atoms with van der Waals surface area (Å²) in [6, 6.07) is -1.17. The highest BCUT2D eigenvalue weighted by Crippen LogP contribution is 2.12. The predicted octanol–water partition coefficient (Wildman–Crippen LogP) is 0.670. The van der Waals surface area contributed by atoms with Crippen LogP contribution < -0.4 is 10.6 Å². The molecule has 0 aliphatic carbocycles. The highest BCUT2D eigenvalue weighted by Gasteiger charge is 2.28. The maximum atomic E-state index is 11.8. The van der Waals surface area contributed by atoms with Crippen molar-refractivity contribution in [2.24, 2.45) is 5.92 Å². The van der Waals surface area contributed by atoms with E-state index in [9.17, 15) is 27.6 Å². The molecular formula is C11H17F3N2O4. The highest BCUT2D eigenvalue weighted by molar-refractivity contribution is 5.98. The number of carbonyl (C=O) groups is 3. The van der Waals surface area contributed by atoms with Gasteiger partial charge in [0.15, 0.2) is 0 Å². The van der Waals surface area contributed by atoms with Crippen LogP contribution in [0, 0.1) is 5.92 Å². The number of aliphatic carboxylic acids is 1. The molecule has 0 aromatic heterocycles. The Balaban J connectivity index is 4.25. The Morgan fingerprint density at radius 2 is 1.70 bits per heavy atom. The van der Waals surface area contributed by atoms with Crippen LogP contribution in [0.5, 0.6) is 0 Å². The molecule has 0 aliphatic heterocycles. The lowest BCUT2D eigenvalue weighted by Crippen LogP contribution is -2.44. The number of halogens is 3. The fourth-order valence-corrected chi connectivity index (χ4v) is 1.35. The van der Waals surface area contributed by atoms with Gasteiger partial charge >= 0.3 is 12.1 Å². The van der Waals surface area contributed by atoms with Gasteiger partial charge in [0.05, 0.1) is 0 Å². The van der Waals surface area contributed by atoms with Crippen molar-refractivity contribution in [3.8, 4) is 0 Å². The summed E-state index contributed by atoms with van der Waals surface area (Å²) in [4.78, 5) is 33.3. The van der Waals surface area contributed by atoms with Gasteiger partial charge in [-0.05, 0) is 12.3 Å². The van der Waals surface area contributed by atoms with Gasteiger partial charge in [0.25, 0.3) is 0 Å². The third-order valence-corrected chi connectivity index (χ3v) is 2.15. The second-order valence-electron chi connectivity index (χ2n) is 4.66. The summed E-state index contributed by atoms with van der Waals surface area (Å²) in [5.41, 5.74) is 0. The van der Waals surface area contributed by atoms with E-state index < -0.39 is 43.0 Å². The van der Waals surface area contributed by atoms with E-state index >= 15 is 0 Å². The Kier molecular flexibility index (Phi) is 7.01. The van der Waals surface area contributed by atoms with Gasteiger partial charge in [-0.3, -0.25) is 9.59 Å². The maximum Gasteiger partial charge on any atom is 0.405 e. The normalized spacial score (nSPS) is 12.9. The van der Waals surface area contributed by atoms with Gasteiger partial charge in [0.1, 0.15) is 19.0 Å². The van der Waals surface area contributed by atoms with Crippen molar-refractivity contribution in [1.82, 2.24) is 10.6 Å². The fourth-order valence-electron chi connectivity index (χ4n) is 1.35. The summed E-state index contributed by atoms with van der Waals surface area (Å²) in [6.45, 7) is 1.96. The predicted molar refractivity (Wildman–Crippen MR) is 62.7 cm³/mol. The first kappa shape index (κ1) is 18.2. The molecule has 116 valence electrons. The first-order chi connectivity index (χ1) is 9.01. The first-order valence-corrected chi connectivity index (χ1v) is 5.87. The number of alkyl halides is 3. The minimum Gasteiger partial charge on any atom is -0.480 e. The molecule has 0 rings (SSSR count). The molecule has 0 saturated heterocycles. The Morgan fingerprint density at radius 3 is 2.10 bits per heavy atom. The number of hydrogen-bond acceptors (Lipinski definition) is 3. The van der Waals surface area contributed by atoms with E-state index in [-0.39, 0.29) is 12.3 Å². The number of nitrogens with one attached hydrogen (secondary N) is 2. The summed E-state index contributed by atoms with van der Waals surface area (Å²) < 4.78 is 35.5. The van der Waals surface area contributed by atoms with Gasteiger partial charge < -0.3 is 15.7 Å². The van der Waals surface area contributed by atoms with Crippen LogP contribution in [0.3, 0.4) is 0 Å². The molecule has 0 radical (unpaired) electrons. The van der Waals surface area contributed by atoms with Gasteiger partial charge in [-0.15, -0.1) is 0 Å². The molecule has 0 fully saturated rings. The van der Waals surface area contributed by atoms with Crippen molar-refractivity contribution >= 4 is 17.8 Å². The van der Waals surface area contributed by atoms with Crippen LogP contribution in [-0.4, -0.2) is 41.7 Å². The van der Waals surface area contributed by atoms with E-state index in [1.54, 1.807) is 13.8 Å². The zero-order valence-electron chi connectivity index (χ0n) is 11.1. The second-order valence-corrected chi connectivity index (χ2v) is 4.66. The van der Waals surface area contributed by atoms with Crippen molar-refractivity contribution in [3.63, 3.8) is 0 Å². The molecule has 0 aromatic rings. The minimum atomic E-state index is -4.56. The third-order valence-electron chi connectivity index (χ3n) is 2.15. The van der Waals surface area contributed by atoms with Crippen LogP contribution in [0.2, 0.25) is 0 Å². The average Bonchev–Trinajstić information content (AvgIpc) is 2.23. The van der Waals surface area contributed by atoms with Gasteiger partial charge in [-0.25, -0.2) is 4.79 Å². The summed E-state index contributed by atoms with van der Waals surface area (Å²) in [5, 5.41) is 12.5. The molecule has 0 aliphatic rings. The molecular weight excluding hydrogens is 281 g/mol. The quantitative estimate of drug-likeness (QED) is 0.602. The lowest BCUT2D eigenvalue weighted by Gasteiger charge is -2.16. The summed E-state index contributed by atoms with van der Waals surface area (Å²) in [6.07, 6.45) is -5.25. The maximum absolute atomic E-state index is 11.8. The molecule has 0 unspecified atom stereocenters. The Morgan fingerprint density at radius 1 is 1.15 bits per heavy atom. The number of hydrogen-bond donors (Lipinski definition) is 3. The Bertz CT molecular complexity index is 369. The Labute approximate surface area is 113 Å². The number of carbonyl (C=O) groups excluding carboxylic acids is 2. The van der Waals surface area contributed by atoms with E-state index in [2.05, 4.69) is 5.32 Å². The summed E-state index contributed by atoms with van der Waals surface area (Å²) in [7, 11) is 0. The van der Waals surface area contributed by atoms with Gasteiger partial charge in [-0.1, -0.05) is 13.8 Å². The van der Waals surface area contributed by atoms with Crippen LogP contribution in [0.25, 0.3) is 0 Å². The van der Waals surface area contributed by atoms with E-state index in [0.717, 1.165) is 0 Å². The van der Waals surface area contributed by atoms with Crippen molar-refractivity contribution in [3.05, 3.63) is 0 Å². The molecule has 2 amide bonds. The van der Waals surface area contributed by atoms with Gasteiger partial charge in [-0.2, -0.15) is 13.2 Å². The van der Waals surface area contributed by atoms with Crippen molar-refractivity contribution < 1.29 is 32.7 Å². The van der Waals surface area contributed by atoms with E-state index in [0.29, 0.717) is 0 Å². The standard InChI is InChI=1S/C11H17F3N2O4/c1-6(2)3-7(10(19)20)16-9(18)4-8(17)15-5-11(12,13)14/h6-7H,3-5H2,1-2H3,(H,15,17)(H,16,18)(H,19,20)/t7-/m1/s1. The number of rotatable bonds is 7. The lowest BCUT2D eigenvalue weighted by atomic mass is 10.0. The van der Waals surface area contributed by atoms with Crippen molar-refractivity contribution in [1.29, 1.82) is 0 Å². The molecule has 0 bridgehead atoms. The molecule has 3 N–H and O–H groups in total. The SMILES string of the molecule is CC(C)C[C@@H](NC(=O)CC(=O)NCC(F)(F)F)C(=O)O. The smallest absolute Gasteiger partial charge is 0.405 e. The highest BCUT2D eigenvalue weighted by atomic mass is 19.4. The van der Waals surface area contributed by atoms with Crippen LogP contribution in [0.1, 0.15) is 26.7 Å². The number of amides is 2. The molecule has 0 aromatic carbocycles. The first-order valence-electron chi connectivity index (χ1n) is 5.87. The average molecular weight is 298 g/mol. The Hall–Kier alpha value is -1.80. The van der Waals surface area contributed by atoms with Crippen LogP contribution in [-0.2, 0) is 14.4 Å². The van der Waals surface area contributed by atoms with Crippen molar-refractivity contribution in [2.45, 2.75) is 38.9 Å². The lowest BCUT2D eigenvalue weighted by molar-refractivity contribution is -0.144. The zero-order valence-corrected chi connectivity index (χ0v) is 11.1. The minimum absolute atomic E-state index is 0.00421. The molecule has 9 heteroatoms. The topological polar surface area (TPSA) is 95.5 Å². The van der Waals surface area contributed by atoms with E-state index in [4.69, 9.17) is 5.11 Å². The molecule has 20 heavy (non-hydrogen) atoms. The summed E-state index contributed by atoms with van der Waals surface area (Å²) >= 11 is 0. The van der Waals surface area contributed by atoms with Crippen molar-refractivity contribution in [2.75, 3.05) is 6.54 Å². The van der Waals surface area contributed by atoms with E-state index in [1.807, 2.05) is 0 Å². The van der Waals surface area contributed by atoms with Crippen LogP contribution in [0.15, 0.2) is 0 Å². The molecule has 1 atom stereocenters.